The molecule has 0 saturated carbocycles. The van der Waals surface area contributed by atoms with Gasteiger partial charge < -0.3 is 10.6 Å². The number of amides is 1. The Morgan fingerprint density at radius 1 is 1.65 bits per heavy atom. The average Bonchev–Trinajstić information content (AvgIpc) is 2.63. The zero-order valence-electron chi connectivity index (χ0n) is 10.4. The van der Waals surface area contributed by atoms with Crippen LogP contribution in [-0.2, 0) is 11.2 Å². The molecule has 1 unspecified atom stereocenters. The number of aryl methyl sites for hydroxylation is 1. The quantitative estimate of drug-likeness (QED) is 0.718. The average molecular weight is 236 g/mol. The first kappa shape index (κ1) is 12.1. The smallest absolute Gasteiger partial charge is 0.228 e. The van der Waals surface area contributed by atoms with E-state index in [-0.39, 0.29) is 11.8 Å². The van der Waals surface area contributed by atoms with Gasteiger partial charge >= 0.3 is 0 Å². The van der Waals surface area contributed by atoms with Gasteiger partial charge in [0.05, 0.1) is 0 Å². The molecule has 0 aromatic carbocycles. The Bertz CT molecular complexity index is 384. The molecule has 1 aliphatic rings. The maximum atomic E-state index is 11.9. The fourth-order valence-corrected chi connectivity index (χ4v) is 1.94. The summed E-state index contributed by atoms with van der Waals surface area (Å²) >= 11 is 0. The molecule has 17 heavy (non-hydrogen) atoms. The third-order valence-corrected chi connectivity index (χ3v) is 3.34. The Hall–Kier alpha value is -1.36. The molecule has 1 aliphatic heterocycles. The molecule has 5 nitrogen and oxygen atoms in total. The topological polar surface area (TPSA) is 69.8 Å². The fraction of sp³-hybridized carbons (Fsp3) is 0.667. The molecule has 3 N–H and O–H groups in total. The Kier molecular flexibility index (Phi) is 3.78. The number of hydrogen-bond donors (Lipinski definition) is 3. The number of carbonyl (C=O) groups excluding carboxylic acids is 1. The van der Waals surface area contributed by atoms with Crippen LogP contribution in [0, 0.1) is 11.8 Å². The van der Waals surface area contributed by atoms with Gasteiger partial charge in [0.15, 0.2) is 5.82 Å². The number of aromatic nitrogens is 2. The van der Waals surface area contributed by atoms with Crippen LogP contribution in [0.15, 0.2) is 6.07 Å². The Balaban J connectivity index is 1.88. The highest BCUT2D eigenvalue weighted by molar-refractivity contribution is 5.91. The minimum absolute atomic E-state index is 0.0441. The van der Waals surface area contributed by atoms with Crippen LogP contribution in [0.1, 0.15) is 26.0 Å². The van der Waals surface area contributed by atoms with Crippen molar-refractivity contribution in [2.75, 3.05) is 18.4 Å². The molecule has 1 aromatic heterocycles. The van der Waals surface area contributed by atoms with Crippen LogP contribution in [0.4, 0.5) is 5.82 Å². The van der Waals surface area contributed by atoms with Crippen molar-refractivity contribution in [1.82, 2.24) is 15.5 Å². The van der Waals surface area contributed by atoms with E-state index < -0.39 is 0 Å². The van der Waals surface area contributed by atoms with Gasteiger partial charge in [-0.1, -0.05) is 20.3 Å². The van der Waals surface area contributed by atoms with Crippen LogP contribution in [0.5, 0.6) is 0 Å². The van der Waals surface area contributed by atoms with Gasteiger partial charge in [-0.3, -0.25) is 9.89 Å². The van der Waals surface area contributed by atoms with E-state index in [1.54, 1.807) is 0 Å². The monoisotopic (exact) mass is 236 g/mol. The minimum Gasteiger partial charge on any atom is -0.316 e. The van der Waals surface area contributed by atoms with Crippen LogP contribution < -0.4 is 10.6 Å². The highest BCUT2D eigenvalue weighted by atomic mass is 16.2. The SMILES string of the molecule is CCCc1cc(NC(=O)C(C)C2CNC2)n[nH]1. The summed E-state index contributed by atoms with van der Waals surface area (Å²) in [6, 6.07) is 1.91. The summed E-state index contributed by atoms with van der Waals surface area (Å²) < 4.78 is 0. The van der Waals surface area contributed by atoms with Crippen molar-refractivity contribution in [3.8, 4) is 0 Å². The first-order chi connectivity index (χ1) is 8.20. The number of rotatable bonds is 5. The predicted molar refractivity (Wildman–Crippen MR) is 66.7 cm³/mol. The lowest BCUT2D eigenvalue weighted by Gasteiger charge is -2.31. The van der Waals surface area contributed by atoms with Crippen LogP contribution >= 0.6 is 0 Å². The molecule has 1 saturated heterocycles. The minimum atomic E-state index is 0.0441. The summed E-state index contributed by atoms with van der Waals surface area (Å²) in [6.45, 7) is 5.97. The third-order valence-electron chi connectivity index (χ3n) is 3.34. The lowest BCUT2D eigenvalue weighted by Crippen LogP contribution is -2.48. The zero-order valence-corrected chi connectivity index (χ0v) is 10.4. The molecule has 1 fully saturated rings. The van der Waals surface area contributed by atoms with E-state index >= 15 is 0 Å². The van der Waals surface area contributed by atoms with Crippen molar-refractivity contribution in [3.63, 3.8) is 0 Å². The summed E-state index contributed by atoms with van der Waals surface area (Å²) in [7, 11) is 0. The number of anilines is 1. The lowest BCUT2D eigenvalue weighted by molar-refractivity contribution is -0.121. The van der Waals surface area contributed by atoms with Gasteiger partial charge in [-0.25, -0.2) is 0 Å². The molecule has 1 atom stereocenters. The highest BCUT2D eigenvalue weighted by Crippen LogP contribution is 2.18. The number of nitrogens with zero attached hydrogens (tertiary/aromatic N) is 1. The molecule has 1 amide bonds. The van der Waals surface area contributed by atoms with Crippen LogP contribution in [0.2, 0.25) is 0 Å². The van der Waals surface area contributed by atoms with Crippen LogP contribution in [0.25, 0.3) is 0 Å². The summed E-state index contributed by atoms with van der Waals surface area (Å²) in [5.41, 5.74) is 1.07. The molecule has 0 radical (unpaired) electrons. The number of hydrogen-bond acceptors (Lipinski definition) is 3. The molecule has 1 aromatic rings. The van der Waals surface area contributed by atoms with Crippen molar-refractivity contribution in [1.29, 1.82) is 0 Å². The fourth-order valence-electron chi connectivity index (χ4n) is 1.94. The molecule has 2 rings (SSSR count). The van der Waals surface area contributed by atoms with Gasteiger partial charge in [-0.05, 0) is 25.4 Å². The highest BCUT2D eigenvalue weighted by Gasteiger charge is 2.28. The second kappa shape index (κ2) is 5.31. The normalized spacial score (nSPS) is 17.5. The Labute approximate surface area is 101 Å². The van der Waals surface area contributed by atoms with Crippen molar-refractivity contribution < 1.29 is 4.79 Å². The third kappa shape index (κ3) is 2.85. The van der Waals surface area contributed by atoms with E-state index in [4.69, 9.17) is 0 Å². The molecule has 94 valence electrons. The summed E-state index contributed by atoms with van der Waals surface area (Å²) in [4.78, 5) is 11.9. The number of carbonyl (C=O) groups is 1. The summed E-state index contributed by atoms with van der Waals surface area (Å²) in [5.74, 6) is 1.20. The Morgan fingerprint density at radius 2 is 2.41 bits per heavy atom. The van der Waals surface area contributed by atoms with Gasteiger partial charge in [-0.2, -0.15) is 5.10 Å². The number of aromatic amines is 1. The molecular formula is C12H20N4O. The molecule has 2 heterocycles. The van der Waals surface area contributed by atoms with Crippen molar-refractivity contribution in [2.24, 2.45) is 11.8 Å². The molecular weight excluding hydrogens is 216 g/mol. The van der Waals surface area contributed by atoms with Gasteiger partial charge in [0.25, 0.3) is 0 Å². The van der Waals surface area contributed by atoms with E-state index in [0.29, 0.717) is 11.7 Å². The number of nitrogens with one attached hydrogen (secondary N) is 3. The molecule has 0 aliphatic carbocycles. The van der Waals surface area contributed by atoms with Crippen LogP contribution in [0.3, 0.4) is 0 Å². The van der Waals surface area contributed by atoms with Gasteiger partial charge in [-0.15, -0.1) is 0 Å². The zero-order chi connectivity index (χ0) is 12.3. The van der Waals surface area contributed by atoms with Crippen molar-refractivity contribution in [2.45, 2.75) is 26.7 Å². The van der Waals surface area contributed by atoms with Gasteiger partial charge in [0.2, 0.25) is 5.91 Å². The van der Waals surface area contributed by atoms with E-state index in [2.05, 4.69) is 27.8 Å². The van der Waals surface area contributed by atoms with E-state index in [0.717, 1.165) is 31.6 Å². The van der Waals surface area contributed by atoms with Crippen molar-refractivity contribution in [3.05, 3.63) is 11.8 Å². The summed E-state index contributed by atoms with van der Waals surface area (Å²) in [5, 5.41) is 13.1. The Morgan fingerprint density at radius 3 is 3.00 bits per heavy atom. The first-order valence-corrected chi connectivity index (χ1v) is 6.26. The molecule has 0 spiro atoms. The summed E-state index contributed by atoms with van der Waals surface area (Å²) in [6.07, 6.45) is 2.03. The number of H-pyrrole nitrogens is 1. The molecule has 5 heteroatoms. The standard InChI is InChI=1S/C12H20N4O/c1-3-4-10-5-11(16-15-10)14-12(17)8(2)9-6-13-7-9/h5,8-9,13H,3-4,6-7H2,1-2H3,(H2,14,15,16,17). The second-order valence-corrected chi connectivity index (χ2v) is 4.72. The predicted octanol–water partition coefficient (Wildman–Crippen LogP) is 1.16. The van der Waals surface area contributed by atoms with E-state index in [1.807, 2.05) is 13.0 Å². The molecule has 0 bridgehead atoms. The van der Waals surface area contributed by atoms with Crippen molar-refractivity contribution >= 4 is 11.7 Å². The van der Waals surface area contributed by atoms with E-state index in [1.165, 1.54) is 0 Å². The van der Waals surface area contributed by atoms with E-state index in [9.17, 15) is 4.79 Å². The maximum Gasteiger partial charge on any atom is 0.228 e. The first-order valence-electron chi connectivity index (χ1n) is 6.26. The lowest BCUT2D eigenvalue weighted by atomic mass is 9.88. The maximum absolute atomic E-state index is 11.9. The largest absolute Gasteiger partial charge is 0.316 e. The van der Waals surface area contributed by atoms with Gasteiger partial charge in [0.1, 0.15) is 0 Å². The van der Waals surface area contributed by atoms with Crippen LogP contribution in [-0.4, -0.2) is 29.2 Å². The van der Waals surface area contributed by atoms with Gasteiger partial charge in [0, 0.05) is 17.7 Å². The second-order valence-electron chi connectivity index (χ2n) is 4.72.